The van der Waals surface area contributed by atoms with E-state index < -0.39 is 0 Å². The number of aryl methyl sites for hydroxylation is 1. The summed E-state index contributed by atoms with van der Waals surface area (Å²) in [5.74, 6) is 0. The molecule has 0 saturated heterocycles. The van der Waals surface area contributed by atoms with Gasteiger partial charge in [0.25, 0.3) is 0 Å². The van der Waals surface area contributed by atoms with E-state index in [9.17, 15) is 0 Å². The molecule has 0 bridgehead atoms. The maximum atomic E-state index is 4.75. The predicted molar refractivity (Wildman–Crippen MR) is 95.0 cm³/mol. The molecular formula is C18H25N5. The van der Waals surface area contributed by atoms with Crippen LogP contribution in [-0.2, 0) is 11.8 Å². The molecule has 0 N–H and O–H groups in total. The van der Waals surface area contributed by atoms with Crippen LogP contribution in [0.2, 0.25) is 0 Å². The third-order valence-corrected chi connectivity index (χ3v) is 3.70. The van der Waals surface area contributed by atoms with Crippen molar-refractivity contribution in [3.8, 4) is 0 Å². The Kier molecular flexibility index (Phi) is 4.78. The lowest BCUT2D eigenvalue weighted by molar-refractivity contribution is 0.560. The van der Waals surface area contributed by atoms with E-state index in [1.165, 1.54) is 0 Å². The fourth-order valence-electron chi connectivity index (χ4n) is 2.33. The molecule has 2 heterocycles. The van der Waals surface area contributed by atoms with Gasteiger partial charge in [0.05, 0.1) is 22.8 Å². The SMILES string of the molecule is C=CC(=C)N=C(CC)c1nnc2cc(C(C)(C)C)nn2c1CC. The Bertz CT molecular complexity index is 775. The molecule has 0 saturated carbocycles. The molecular weight excluding hydrogens is 286 g/mol. The molecule has 122 valence electrons. The van der Waals surface area contributed by atoms with Gasteiger partial charge in [-0.15, -0.1) is 10.2 Å². The summed E-state index contributed by atoms with van der Waals surface area (Å²) >= 11 is 0. The molecule has 0 amide bonds. The highest BCUT2D eigenvalue weighted by molar-refractivity contribution is 6.00. The fourth-order valence-corrected chi connectivity index (χ4v) is 2.33. The monoisotopic (exact) mass is 311 g/mol. The van der Waals surface area contributed by atoms with Crippen molar-refractivity contribution in [1.82, 2.24) is 19.8 Å². The van der Waals surface area contributed by atoms with Gasteiger partial charge in [0.15, 0.2) is 5.65 Å². The molecule has 2 rings (SSSR count). The zero-order valence-electron chi connectivity index (χ0n) is 14.7. The van der Waals surface area contributed by atoms with Crippen molar-refractivity contribution in [2.24, 2.45) is 4.99 Å². The van der Waals surface area contributed by atoms with Gasteiger partial charge in [-0.05, 0) is 18.9 Å². The van der Waals surface area contributed by atoms with Crippen molar-refractivity contribution in [1.29, 1.82) is 0 Å². The lowest BCUT2D eigenvalue weighted by atomic mass is 9.93. The highest BCUT2D eigenvalue weighted by atomic mass is 15.3. The summed E-state index contributed by atoms with van der Waals surface area (Å²) in [7, 11) is 0. The van der Waals surface area contributed by atoms with Crippen LogP contribution >= 0.6 is 0 Å². The van der Waals surface area contributed by atoms with Crippen LogP contribution in [-0.4, -0.2) is 25.5 Å². The number of aromatic nitrogens is 4. The van der Waals surface area contributed by atoms with Crippen LogP contribution in [0.25, 0.3) is 5.65 Å². The van der Waals surface area contributed by atoms with Crippen molar-refractivity contribution < 1.29 is 0 Å². The molecule has 0 aromatic carbocycles. The van der Waals surface area contributed by atoms with Crippen LogP contribution in [0.3, 0.4) is 0 Å². The summed E-state index contributed by atoms with van der Waals surface area (Å²) in [6.45, 7) is 18.1. The third-order valence-electron chi connectivity index (χ3n) is 3.70. The topological polar surface area (TPSA) is 55.4 Å². The molecule has 2 aromatic rings. The first-order valence-electron chi connectivity index (χ1n) is 7.96. The maximum absolute atomic E-state index is 4.75. The Labute approximate surface area is 137 Å². The molecule has 0 fully saturated rings. The lowest BCUT2D eigenvalue weighted by Gasteiger charge is -2.14. The number of hydrogen-bond acceptors (Lipinski definition) is 4. The second kappa shape index (κ2) is 6.44. The molecule has 0 spiro atoms. The Balaban J connectivity index is 2.68. The van der Waals surface area contributed by atoms with Crippen LogP contribution < -0.4 is 0 Å². The Morgan fingerprint density at radius 1 is 1.30 bits per heavy atom. The number of nitrogens with zero attached hydrogens (tertiary/aromatic N) is 5. The first kappa shape index (κ1) is 17.1. The minimum atomic E-state index is -0.0301. The van der Waals surface area contributed by atoms with Gasteiger partial charge in [-0.3, -0.25) is 4.99 Å². The van der Waals surface area contributed by atoms with Crippen molar-refractivity contribution in [3.05, 3.63) is 48.1 Å². The zero-order chi connectivity index (χ0) is 17.2. The number of aliphatic imine (C=N–C) groups is 1. The van der Waals surface area contributed by atoms with Crippen molar-refractivity contribution in [2.75, 3.05) is 0 Å². The first-order valence-corrected chi connectivity index (χ1v) is 7.96. The Morgan fingerprint density at radius 3 is 2.52 bits per heavy atom. The number of fused-ring (bicyclic) bond motifs is 1. The average molecular weight is 311 g/mol. The zero-order valence-corrected chi connectivity index (χ0v) is 14.7. The summed E-state index contributed by atoms with van der Waals surface area (Å²) in [5.41, 5.74) is 5.03. The summed E-state index contributed by atoms with van der Waals surface area (Å²) in [6, 6.07) is 2.00. The second-order valence-corrected chi connectivity index (χ2v) is 6.51. The van der Waals surface area contributed by atoms with Crippen LogP contribution in [0, 0.1) is 0 Å². The van der Waals surface area contributed by atoms with E-state index in [0.29, 0.717) is 5.70 Å². The summed E-state index contributed by atoms with van der Waals surface area (Å²) in [4.78, 5) is 4.52. The van der Waals surface area contributed by atoms with E-state index in [-0.39, 0.29) is 5.41 Å². The van der Waals surface area contributed by atoms with Gasteiger partial charge in [0, 0.05) is 11.5 Å². The molecule has 0 aliphatic heterocycles. The van der Waals surface area contributed by atoms with Crippen LogP contribution in [0.5, 0.6) is 0 Å². The van der Waals surface area contributed by atoms with Crippen molar-refractivity contribution in [2.45, 2.75) is 52.9 Å². The van der Waals surface area contributed by atoms with E-state index in [4.69, 9.17) is 5.10 Å². The number of rotatable bonds is 5. The number of hydrogen-bond donors (Lipinski definition) is 0. The number of allylic oxidation sites excluding steroid dienone is 1. The molecule has 2 aromatic heterocycles. The standard InChI is InChI=1S/C18H25N5/c1-8-12(4)19-13(9-2)17-14(10-3)23-16(20-21-17)11-15(22-23)18(5,6)7/h8,11H,1,4,9-10H2,2-3,5-7H3. The fraction of sp³-hybridized carbons (Fsp3) is 0.444. The van der Waals surface area contributed by atoms with Crippen LogP contribution in [0.15, 0.2) is 36.0 Å². The second-order valence-electron chi connectivity index (χ2n) is 6.51. The molecule has 0 atom stereocenters. The van der Waals surface area contributed by atoms with Gasteiger partial charge in [0.2, 0.25) is 0 Å². The average Bonchev–Trinajstić information content (AvgIpc) is 2.95. The first-order chi connectivity index (χ1) is 10.8. The largest absolute Gasteiger partial charge is 0.252 e. The quantitative estimate of drug-likeness (QED) is 0.622. The summed E-state index contributed by atoms with van der Waals surface area (Å²) in [5, 5.41) is 13.5. The highest BCUT2D eigenvalue weighted by Gasteiger charge is 2.21. The highest BCUT2D eigenvalue weighted by Crippen LogP contribution is 2.23. The van der Waals surface area contributed by atoms with E-state index in [1.54, 1.807) is 6.08 Å². The van der Waals surface area contributed by atoms with Gasteiger partial charge in [-0.25, -0.2) is 4.52 Å². The van der Waals surface area contributed by atoms with E-state index in [0.717, 1.165) is 41.3 Å². The molecule has 5 nitrogen and oxygen atoms in total. The summed E-state index contributed by atoms with van der Waals surface area (Å²) < 4.78 is 1.89. The van der Waals surface area contributed by atoms with Gasteiger partial charge in [-0.2, -0.15) is 5.10 Å². The van der Waals surface area contributed by atoms with Crippen LogP contribution in [0.4, 0.5) is 0 Å². The van der Waals surface area contributed by atoms with E-state index >= 15 is 0 Å². The summed E-state index contributed by atoms with van der Waals surface area (Å²) in [6.07, 6.45) is 3.18. The van der Waals surface area contributed by atoms with Gasteiger partial charge in [-0.1, -0.05) is 47.8 Å². The molecule has 23 heavy (non-hydrogen) atoms. The molecule has 0 aliphatic carbocycles. The van der Waals surface area contributed by atoms with Gasteiger partial charge >= 0.3 is 0 Å². The van der Waals surface area contributed by atoms with E-state index in [1.807, 2.05) is 17.5 Å². The molecule has 0 unspecified atom stereocenters. The third kappa shape index (κ3) is 3.38. The Morgan fingerprint density at radius 2 is 2.00 bits per heavy atom. The predicted octanol–water partition coefficient (Wildman–Crippen LogP) is 3.88. The Hall–Kier alpha value is -2.30. The minimum Gasteiger partial charge on any atom is -0.252 e. The maximum Gasteiger partial charge on any atom is 0.177 e. The van der Waals surface area contributed by atoms with Gasteiger partial charge < -0.3 is 0 Å². The smallest absolute Gasteiger partial charge is 0.177 e. The van der Waals surface area contributed by atoms with Crippen molar-refractivity contribution >= 4 is 11.4 Å². The van der Waals surface area contributed by atoms with Crippen LogP contribution in [0.1, 0.15) is 58.1 Å². The minimum absolute atomic E-state index is 0.0301. The van der Waals surface area contributed by atoms with E-state index in [2.05, 4.69) is 56.0 Å². The molecule has 0 radical (unpaired) electrons. The van der Waals surface area contributed by atoms with Crippen molar-refractivity contribution in [3.63, 3.8) is 0 Å². The lowest BCUT2D eigenvalue weighted by Crippen LogP contribution is -2.15. The van der Waals surface area contributed by atoms with Gasteiger partial charge in [0.1, 0.15) is 5.69 Å². The molecule has 0 aliphatic rings. The normalized spacial score (nSPS) is 12.7. The molecule has 5 heteroatoms.